The van der Waals surface area contributed by atoms with Crippen LogP contribution in [-0.2, 0) is 14.6 Å². The molecule has 1 aromatic carbocycles. The minimum atomic E-state index is -3.80. The molecule has 0 saturated carbocycles. The fourth-order valence-electron chi connectivity index (χ4n) is 1.29. The summed E-state index contributed by atoms with van der Waals surface area (Å²) in [6, 6.07) is 2.87. The number of benzene rings is 1. The van der Waals surface area contributed by atoms with Crippen molar-refractivity contribution in [1.82, 2.24) is 0 Å². The van der Waals surface area contributed by atoms with Crippen molar-refractivity contribution in [2.24, 2.45) is 0 Å². The fourth-order valence-corrected chi connectivity index (χ4v) is 2.53. The lowest BCUT2D eigenvalue weighted by molar-refractivity contribution is -0.385. The maximum Gasteiger partial charge on any atom is 0.271 e. The summed E-state index contributed by atoms with van der Waals surface area (Å²) in [6.45, 7) is 2.06. The molecular formula is C10H13NO6S. The molecule has 100 valence electrons. The van der Waals surface area contributed by atoms with Crippen LogP contribution in [0.3, 0.4) is 0 Å². The van der Waals surface area contributed by atoms with E-state index in [4.69, 9.17) is 4.74 Å². The normalized spacial score (nSPS) is 11.4. The number of nitro groups is 1. The van der Waals surface area contributed by atoms with E-state index in [1.54, 1.807) is 6.92 Å². The smallest absolute Gasteiger partial charge is 0.271 e. The van der Waals surface area contributed by atoms with Crippen molar-refractivity contribution in [3.63, 3.8) is 0 Å². The first-order chi connectivity index (χ1) is 8.38. The second-order valence-electron chi connectivity index (χ2n) is 3.42. The van der Waals surface area contributed by atoms with Crippen LogP contribution in [-0.4, -0.2) is 37.4 Å². The zero-order chi connectivity index (χ0) is 13.8. The molecule has 0 bridgehead atoms. The van der Waals surface area contributed by atoms with Gasteiger partial charge in [0.15, 0.2) is 9.84 Å². The molecular weight excluding hydrogens is 262 g/mol. The van der Waals surface area contributed by atoms with Gasteiger partial charge in [-0.15, -0.1) is 0 Å². The highest BCUT2D eigenvalue weighted by atomic mass is 32.2. The van der Waals surface area contributed by atoms with Gasteiger partial charge < -0.3 is 9.84 Å². The van der Waals surface area contributed by atoms with Gasteiger partial charge in [-0.05, 0) is 13.0 Å². The topological polar surface area (TPSA) is 107 Å². The Morgan fingerprint density at radius 1 is 1.44 bits per heavy atom. The van der Waals surface area contributed by atoms with Gasteiger partial charge in [-0.3, -0.25) is 10.1 Å². The number of non-ortho nitro benzene ring substituents is 1. The summed E-state index contributed by atoms with van der Waals surface area (Å²) in [6.07, 6.45) is 0. The first-order valence-electron chi connectivity index (χ1n) is 5.16. The van der Waals surface area contributed by atoms with E-state index in [9.17, 15) is 23.6 Å². The molecule has 0 aliphatic heterocycles. The van der Waals surface area contributed by atoms with Gasteiger partial charge in [0.05, 0.1) is 17.3 Å². The molecule has 18 heavy (non-hydrogen) atoms. The third-order valence-electron chi connectivity index (χ3n) is 2.19. The number of phenolic OH excluding ortho intramolecular Hbond substituents is 1. The summed E-state index contributed by atoms with van der Waals surface area (Å²) >= 11 is 0. The number of ether oxygens (including phenoxy) is 1. The fraction of sp³-hybridized carbons (Fsp3) is 0.400. The summed E-state index contributed by atoms with van der Waals surface area (Å²) in [5.74, 6) is -0.840. The van der Waals surface area contributed by atoms with E-state index in [2.05, 4.69) is 0 Å². The average molecular weight is 275 g/mol. The molecule has 1 aromatic rings. The molecule has 0 aliphatic carbocycles. The number of hydrogen-bond acceptors (Lipinski definition) is 6. The number of nitrogens with zero attached hydrogens (tertiary/aromatic N) is 1. The van der Waals surface area contributed by atoms with Crippen molar-refractivity contribution in [3.8, 4) is 5.75 Å². The van der Waals surface area contributed by atoms with Crippen molar-refractivity contribution < 1.29 is 23.2 Å². The van der Waals surface area contributed by atoms with E-state index in [1.807, 2.05) is 0 Å². The molecule has 0 radical (unpaired) electrons. The van der Waals surface area contributed by atoms with Gasteiger partial charge in [0.1, 0.15) is 10.6 Å². The highest BCUT2D eigenvalue weighted by molar-refractivity contribution is 7.91. The number of sulfone groups is 1. The molecule has 0 unspecified atom stereocenters. The molecule has 8 heteroatoms. The van der Waals surface area contributed by atoms with Crippen molar-refractivity contribution in [2.45, 2.75) is 11.8 Å². The van der Waals surface area contributed by atoms with E-state index in [0.717, 1.165) is 18.2 Å². The van der Waals surface area contributed by atoms with Gasteiger partial charge >= 0.3 is 0 Å². The Bertz CT molecular complexity index is 539. The molecule has 0 saturated heterocycles. The molecule has 7 nitrogen and oxygen atoms in total. The van der Waals surface area contributed by atoms with Crippen LogP contribution >= 0.6 is 0 Å². The predicted octanol–water partition coefficient (Wildman–Crippen LogP) is 1.11. The quantitative estimate of drug-likeness (QED) is 0.473. The second kappa shape index (κ2) is 5.78. The summed E-state index contributed by atoms with van der Waals surface area (Å²) in [5, 5.41) is 20.0. The van der Waals surface area contributed by atoms with E-state index in [1.165, 1.54) is 0 Å². The van der Waals surface area contributed by atoms with Crippen molar-refractivity contribution >= 4 is 15.5 Å². The van der Waals surface area contributed by atoms with Crippen LogP contribution in [0.1, 0.15) is 6.92 Å². The van der Waals surface area contributed by atoms with Crippen molar-refractivity contribution in [1.29, 1.82) is 0 Å². The Hall–Kier alpha value is -1.67. The van der Waals surface area contributed by atoms with Gasteiger partial charge in [-0.25, -0.2) is 8.42 Å². The van der Waals surface area contributed by atoms with Crippen LogP contribution in [0.4, 0.5) is 5.69 Å². The first kappa shape index (κ1) is 14.4. The molecule has 0 fully saturated rings. The van der Waals surface area contributed by atoms with Crippen LogP contribution in [0.5, 0.6) is 5.75 Å². The van der Waals surface area contributed by atoms with Gasteiger partial charge in [-0.2, -0.15) is 0 Å². The van der Waals surface area contributed by atoms with Crippen LogP contribution in [0.15, 0.2) is 23.1 Å². The number of aromatic hydroxyl groups is 1. The summed E-state index contributed by atoms with van der Waals surface area (Å²) < 4.78 is 28.6. The Balaban J connectivity index is 3.07. The van der Waals surface area contributed by atoms with Crippen molar-refractivity contribution in [3.05, 3.63) is 28.3 Å². The average Bonchev–Trinajstić information content (AvgIpc) is 2.29. The number of phenols is 1. The molecule has 0 amide bonds. The number of nitro benzene ring substituents is 1. The highest BCUT2D eigenvalue weighted by Crippen LogP contribution is 2.27. The number of rotatable bonds is 6. The second-order valence-corrected chi connectivity index (χ2v) is 5.50. The predicted molar refractivity (Wildman–Crippen MR) is 63.3 cm³/mol. The monoisotopic (exact) mass is 275 g/mol. The first-order valence-corrected chi connectivity index (χ1v) is 6.81. The van der Waals surface area contributed by atoms with Gasteiger partial charge in [0.25, 0.3) is 5.69 Å². The lowest BCUT2D eigenvalue weighted by Gasteiger charge is -2.06. The summed E-state index contributed by atoms with van der Waals surface area (Å²) in [4.78, 5) is 9.39. The minimum absolute atomic E-state index is 0.0268. The molecule has 0 atom stereocenters. The molecule has 1 rings (SSSR count). The van der Waals surface area contributed by atoms with Crippen molar-refractivity contribution in [2.75, 3.05) is 19.0 Å². The highest BCUT2D eigenvalue weighted by Gasteiger charge is 2.22. The van der Waals surface area contributed by atoms with Crippen LogP contribution < -0.4 is 0 Å². The van der Waals surface area contributed by atoms with E-state index in [-0.39, 0.29) is 18.0 Å². The lowest BCUT2D eigenvalue weighted by Crippen LogP contribution is -2.13. The molecule has 0 aromatic heterocycles. The molecule has 1 N–H and O–H groups in total. The maximum atomic E-state index is 11.8. The zero-order valence-corrected chi connectivity index (χ0v) is 10.5. The largest absolute Gasteiger partial charge is 0.507 e. The Morgan fingerprint density at radius 3 is 2.67 bits per heavy atom. The van der Waals surface area contributed by atoms with E-state index < -0.39 is 25.4 Å². The summed E-state index contributed by atoms with van der Waals surface area (Å²) in [5.41, 5.74) is -0.386. The Morgan fingerprint density at radius 2 is 2.11 bits per heavy atom. The standard InChI is InChI=1S/C10H13NO6S/c1-2-17-5-6-18(15,16)10-7-8(11(13)14)3-4-9(10)12/h3-4,7,12H,2,5-6H2,1H3. The minimum Gasteiger partial charge on any atom is -0.507 e. The molecule has 0 aliphatic rings. The van der Waals surface area contributed by atoms with E-state index in [0.29, 0.717) is 6.61 Å². The Labute approximate surface area is 104 Å². The van der Waals surface area contributed by atoms with Crippen LogP contribution in [0.25, 0.3) is 0 Å². The third-order valence-corrected chi connectivity index (χ3v) is 3.89. The molecule has 0 heterocycles. The number of hydrogen-bond donors (Lipinski definition) is 1. The zero-order valence-electron chi connectivity index (χ0n) is 9.70. The van der Waals surface area contributed by atoms with Gasteiger partial charge in [0.2, 0.25) is 0 Å². The maximum absolute atomic E-state index is 11.8. The van der Waals surface area contributed by atoms with Gasteiger partial charge in [-0.1, -0.05) is 0 Å². The molecule has 0 spiro atoms. The van der Waals surface area contributed by atoms with Crippen LogP contribution in [0, 0.1) is 10.1 Å². The summed E-state index contributed by atoms with van der Waals surface area (Å²) in [7, 11) is -3.80. The van der Waals surface area contributed by atoms with Crippen LogP contribution in [0.2, 0.25) is 0 Å². The third kappa shape index (κ3) is 3.41. The SMILES string of the molecule is CCOCCS(=O)(=O)c1cc([N+](=O)[O-])ccc1O. The lowest BCUT2D eigenvalue weighted by atomic mass is 10.3. The Kier molecular flexibility index (Phi) is 4.62. The van der Waals surface area contributed by atoms with Gasteiger partial charge in [0, 0.05) is 18.7 Å². The van der Waals surface area contributed by atoms with E-state index >= 15 is 0 Å².